The molecule has 1 aromatic carbocycles. The number of imidazole rings is 1. The van der Waals surface area contributed by atoms with Crippen LogP contribution in [0.3, 0.4) is 0 Å². The summed E-state index contributed by atoms with van der Waals surface area (Å²) in [7, 11) is 0. The van der Waals surface area contributed by atoms with Gasteiger partial charge in [-0.25, -0.2) is 23.7 Å². The number of hydrogen-bond donors (Lipinski definition) is 2. The minimum atomic E-state index is -2.00. The zero-order chi connectivity index (χ0) is 26.9. The number of halogens is 2. The van der Waals surface area contributed by atoms with Crippen molar-refractivity contribution in [3.05, 3.63) is 62.7 Å². The molecule has 198 valence electrons. The molecule has 2 fully saturated rings. The molecule has 1 saturated heterocycles. The third-order valence-corrected chi connectivity index (χ3v) is 7.96. The van der Waals surface area contributed by atoms with E-state index in [9.17, 15) is 15.0 Å². The molecule has 11 heteroatoms. The summed E-state index contributed by atoms with van der Waals surface area (Å²) in [5.41, 5.74) is 0.791. The molecular weight excluding hydrogens is 559 g/mol. The Morgan fingerprint density at radius 1 is 1.13 bits per heavy atom. The van der Waals surface area contributed by atoms with Crippen LogP contribution in [0.5, 0.6) is 0 Å². The van der Waals surface area contributed by atoms with E-state index in [0.717, 1.165) is 12.8 Å². The van der Waals surface area contributed by atoms with Crippen molar-refractivity contribution >= 4 is 33.1 Å². The van der Waals surface area contributed by atoms with Gasteiger partial charge in [0.2, 0.25) is 0 Å². The Kier molecular flexibility index (Phi) is 5.93. The molecule has 4 aromatic rings. The van der Waals surface area contributed by atoms with Gasteiger partial charge in [0.1, 0.15) is 21.8 Å². The van der Waals surface area contributed by atoms with Crippen LogP contribution in [-0.2, 0) is 10.3 Å². The lowest BCUT2D eigenvalue weighted by molar-refractivity contribution is -0.0631. The minimum absolute atomic E-state index is 0.00117. The first kappa shape index (κ1) is 25.1. The topological polar surface area (TPSA) is 124 Å². The van der Waals surface area contributed by atoms with Crippen LogP contribution < -0.4 is 0 Å². The lowest BCUT2D eigenvalue weighted by atomic mass is 9.78. The molecule has 38 heavy (non-hydrogen) atoms. The quantitative estimate of drug-likeness (QED) is 0.285. The zero-order valence-electron chi connectivity index (χ0n) is 21.1. The molecule has 1 aliphatic heterocycles. The number of pyridine rings is 1. The van der Waals surface area contributed by atoms with Gasteiger partial charge in [-0.2, -0.15) is 0 Å². The molecular formula is C27H26BrFN4O5. The van der Waals surface area contributed by atoms with E-state index in [0.29, 0.717) is 58.0 Å². The van der Waals surface area contributed by atoms with Crippen LogP contribution in [0.15, 0.2) is 27.3 Å². The first-order chi connectivity index (χ1) is 18.1. The van der Waals surface area contributed by atoms with E-state index in [-0.39, 0.29) is 28.3 Å². The van der Waals surface area contributed by atoms with Gasteiger partial charge in [0.05, 0.1) is 28.5 Å². The highest BCUT2D eigenvalue weighted by molar-refractivity contribution is 9.10. The van der Waals surface area contributed by atoms with Gasteiger partial charge >= 0.3 is 6.09 Å². The highest BCUT2D eigenvalue weighted by Gasteiger charge is 2.48. The highest BCUT2D eigenvalue weighted by Crippen LogP contribution is 2.47. The van der Waals surface area contributed by atoms with Crippen LogP contribution in [0.25, 0.3) is 22.2 Å². The molecule has 2 aliphatic rings. The molecule has 2 atom stereocenters. The van der Waals surface area contributed by atoms with Crippen molar-refractivity contribution in [2.24, 2.45) is 0 Å². The molecule has 2 unspecified atom stereocenters. The van der Waals surface area contributed by atoms with Crippen LogP contribution in [0.2, 0.25) is 0 Å². The second-order valence-electron chi connectivity index (χ2n) is 10.1. The van der Waals surface area contributed by atoms with E-state index in [1.807, 2.05) is 0 Å². The van der Waals surface area contributed by atoms with Gasteiger partial charge in [-0.05, 0) is 86.1 Å². The number of carboxylic acid groups (broad SMARTS) is 1. The number of rotatable bonds is 5. The number of carbonyl (C=O) groups is 1. The Bertz CT molecular complexity index is 1590. The standard InChI is InChI=1S/C27H26BrFN4O5/c1-12-22(14(3)38-32-12)16-9-18(24-19(10-16)33(26(34)35)25(31-24)15-6-7-15)27(36,20-5-4-8-37-20)17-11-21(28)30-13(2)23(17)29/h9-11,15,20,36H,4-8H2,1-3H3,(H,34,35). The number of ether oxygens (including phenoxy) is 1. The maximum absolute atomic E-state index is 15.8. The fraction of sp³-hybridized carbons (Fsp3) is 0.407. The second-order valence-corrected chi connectivity index (χ2v) is 10.9. The number of nitrogens with zero attached hydrogens (tertiary/aromatic N) is 4. The average Bonchev–Trinajstić information content (AvgIpc) is 3.26. The second kappa shape index (κ2) is 8.96. The first-order valence-corrected chi connectivity index (χ1v) is 13.3. The predicted octanol–water partition coefficient (Wildman–Crippen LogP) is 5.73. The van der Waals surface area contributed by atoms with Gasteiger partial charge in [0.25, 0.3) is 0 Å². The maximum Gasteiger partial charge on any atom is 0.417 e. The molecule has 9 nitrogen and oxygen atoms in total. The third kappa shape index (κ3) is 3.78. The summed E-state index contributed by atoms with van der Waals surface area (Å²) < 4.78 is 28.8. The third-order valence-electron chi connectivity index (χ3n) is 7.55. The molecule has 1 saturated carbocycles. The zero-order valence-corrected chi connectivity index (χ0v) is 22.7. The Balaban J connectivity index is 1.75. The van der Waals surface area contributed by atoms with Gasteiger partial charge in [0, 0.05) is 29.2 Å². The summed E-state index contributed by atoms with van der Waals surface area (Å²) in [6, 6.07) is 4.91. The molecule has 3 aromatic heterocycles. The Morgan fingerprint density at radius 3 is 2.50 bits per heavy atom. The molecule has 4 heterocycles. The molecule has 0 amide bonds. The van der Waals surface area contributed by atoms with Crippen LogP contribution in [0.4, 0.5) is 9.18 Å². The van der Waals surface area contributed by atoms with Gasteiger partial charge in [-0.3, -0.25) is 0 Å². The van der Waals surface area contributed by atoms with E-state index in [1.165, 1.54) is 17.6 Å². The minimum Gasteiger partial charge on any atom is -0.464 e. The monoisotopic (exact) mass is 584 g/mol. The number of aromatic nitrogens is 4. The van der Waals surface area contributed by atoms with E-state index in [1.54, 1.807) is 26.0 Å². The van der Waals surface area contributed by atoms with Gasteiger partial charge in [0.15, 0.2) is 5.82 Å². The largest absolute Gasteiger partial charge is 0.464 e. The van der Waals surface area contributed by atoms with Gasteiger partial charge in [-0.1, -0.05) is 5.16 Å². The predicted molar refractivity (Wildman–Crippen MR) is 139 cm³/mol. The first-order valence-electron chi connectivity index (χ1n) is 12.5. The number of hydrogen-bond acceptors (Lipinski definition) is 7. The summed E-state index contributed by atoms with van der Waals surface area (Å²) in [5.74, 6) is 0.277. The highest BCUT2D eigenvalue weighted by atomic mass is 79.9. The van der Waals surface area contributed by atoms with Crippen molar-refractivity contribution in [1.82, 2.24) is 19.7 Å². The number of fused-ring (bicyclic) bond motifs is 1. The molecule has 1 aliphatic carbocycles. The fourth-order valence-electron chi connectivity index (χ4n) is 5.64. The maximum atomic E-state index is 15.8. The Labute approximate surface area is 225 Å². The molecule has 0 spiro atoms. The number of aliphatic hydroxyl groups is 1. The molecule has 0 radical (unpaired) electrons. The molecule has 6 rings (SSSR count). The molecule has 0 bridgehead atoms. The average molecular weight is 585 g/mol. The Morgan fingerprint density at radius 2 is 1.89 bits per heavy atom. The number of benzene rings is 1. The van der Waals surface area contributed by atoms with Crippen molar-refractivity contribution in [3.63, 3.8) is 0 Å². The summed E-state index contributed by atoms with van der Waals surface area (Å²) >= 11 is 3.35. The normalized spacial score (nSPS) is 19.3. The fourth-order valence-corrected chi connectivity index (χ4v) is 6.13. The number of aryl methyl sites for hydroxylation is 3. The summed E-state index contributed by atoms with van der Waals surface area (Å²) in [5, 5.41) is 27.0. The van der Waals surface area contributed by atoms with E-state index < -0.39 is 23.6 Å². The van der Waals surface area contributed by atoms with Gasteiger partial charge in [-0.15, -0.1) is 0 Å². The van der Waals surface area contributed by atoms with Crippen molar-refractivity contribution < 1.29 is 28.7 Å². The molecule has 2 N–H and O–H groups in total. The van der Waals surface area contributed by atoms with Crippen LogP contribution in [0.1, 0.15) is 65.7 Å². The van der Waals surface area contributed by atoms with Crippen molar-refractivity contribution in [1.29, 1.82) is 0 Å². The van der Waals surface area contributed by atoms with Crippen molar-refractivity contribution in [2.45, 2.75) is 64.1 Å². The van der Waals surface area contributed by atoms with Crippen LogP contribution in [0, 0.1) is 26.6 Å². The SMILES string of the molecule is Cc1nc(Br)cc(C(O)(c2cc(-c3c(C)noc3C)cc3c2nc(C2CC2)n3C(=O)O)C2CCCO2)c1F. The summed E-state index contributed by atoms with van der Waals surface area (Å²) in [6.07, 6.45) is 0.830. The lowest BCUT2D eigenvalue weighted by Gasteiger charge is -2.35. The van der Waals surface area contributed by atoms with E-state index in [4.69, 9.17) is 14.2 Å². The van der Waals surface area contributed by atoms with Crippen LogP contribution >= 0.6 is 15.9 Å². The van der Waals surface area contributed by atoms with Crippen molar-refractivity contribution in [2.75, 3.05) is 6.61 Å². The summed E-state index contributed by atoms with van der Waals surface area (Å²) in [6.45, 7) is 5.48. The van der Waals surface area contributed by atoms with E-state index in [2.05, 4.69) is 26.1 Å². The van der Waals surface area contributed by atoms with E-state index >= 15 is 4.39 Å². The smallest absolute Gasteiger partial charge is 0.417 e. The Hall–Kier alpha value is -3.15. The summed E-state index contributed by atoms with van der Waals surface area (Å²) in [4.78, 5) is 21.5. The van der Waals surface area contributed by atoms with Gasteiger partial charge < -0.3 is 19.5 Å². The van der Waals surface area contributed by atoms with Crippen LogP contribution in [-0.4, -0.2) is 48.7 Å². The van der Waals surface area contributed by atoms with Crippen molar-refractivity contribution in [3.8, 4) is 11.1 Å². The lowest BCUT2D eigenvalue weighted by Crippen LogP contribution is -2.41.